The summed E-state index contributed by atoms with van der Waals surface area (Å²) in [4.78, 5) is 11.8. The van der Waals surface area contributed by atoms with E-state index in [1.165, 1.54) is 12.8 Å². The van der Waals surface area contributed by atoms with E-state index in [2.05, 4.69) is 5.32 Å². The summed E-state index contributed by atoms with van der Waals surface area (Å²) >= 11 is 5.81. The fraction of sp³-hybridized carbons (Fsp3) is 0.500. The van der Waals surface area contributed by atoms with Gasteiger partial charge >= 0.3 is 0 Å². The normalized spacial score (nSPS) is 15.5. The number of carbonyl (C=O) groups is 1. The molecular weight excluding hydrogens is 283 g/mol. The summed E-state index contributed by atoms with van der Waals surface area (Å²) < 4.78 is 0. The molecule has 0 spiro atoms. The molecule has 1 saturated carbocycles. The van der Waals surface area contributed by atoms with Crippen molar-refractivity contribution in [2.24, 2.45) is 11.7 Å². The van der Waals surface area contributed by atoms with Gasteiger partial charge in [0.05, 0.1) is 0 Å². The second-order valence-electron chi connectivity index (χ2n) is 4.87. The Bertz CT molecular complexity index is 404. The summed E-state index contributed by atoms with van der Waals surface area (Å²) in [5.74, 6) is 0.696. The van der Waals surface area contributed by atoms with Gasteiger partial charge in [0.1, 0.15) is 0 Å². The Morgan fingerprint density at radius 2 is 2.00 bits per heavy atom. The van der Waals surface area contributed by atoms with Crippen LogP contribution in [0.25, 0.3) is 0 Å². The number of amides is 1. The van der Waals surface area contributed by atoms with Crippen molar-refractivity contribution >= 4 is 29.9 Å². The molecule has 0 aliphatic heterocycles. The Kier molecular flexibility index (Phi) is 6.63. The van der Waals surface area contributed by atoms with Crippen molar-refractivity contribution in [1.82, 2.24) is 5.32 Å². The zero-order valence-corrected chi connectivity index (χ0v) is 12.3. The first-order valence-electron chi connectivity index (χ1n) is 6.43. The summed E-state index contributed by atoms with van der Waals surface area (Å²) in [6.45, 7) is 0.539. The second kappa shape index (κ2) is 7.73. The molecule has 1 aliphatic carbocycles. The van der Waals surface area contributed by atoms with Crippen LogP contribution in [0.3, 0.4) is 0 Å². The van der Waals surface area contributed by atoms with E-state index < -0.39 is 0 Å². The highest BCUT2D eigenvalue weighted by Crippen LogP contribution is 2.32. The Labute approximate surface area is 125 Å². The van der Waals surface area contributed by atoms with Crippen molar-refractivity contribution < 1.29 is 4.79 Å². The average molecular weight is 303 g/mol. The van der Waals surface area contributed by atoms with E-state index in [4.69, 9.17) is 17.3 Å². The Balaban J connectivity index is 0.00000180. The topological polar surface area (TPSA) is 55.1 Å². The zero-order valence-electron chi connectivity index (χ0n) is 10.8. The highest BCUT2D eigenvalue weighted by molar-refractivity contribution is 6.30. The lowest BCUT2D eigenvalue weighted by Gasteiger charge is -2.15. The number of hydrogen-bond acceptors (Lipinski definition) is 2. The predicted molar refractivity (Wildman–Crippen MR) is 80.7 cm³/mol. The van der Waals surface area contributed by atoms with Gasteiger partial charge in [-0.1, -0.05) is 23.7 Å². The van der Waals surface area contributed by atoms with Crippen LogP contribution < -0.4 is 11.1 Å². The van der Waals surface area contributed by atoms with Crippen molar-refractivity contribution in [3.8, 4) is 0 Å². The lowest BCUT2D eigenvalue weighted by atomic mass is 10.1. The molecular formula is C14H20Cl2N2O. The van der Waals surface area contributed by atoms with Crippen molar-refractivity contribution in [2.75, 3.05) is 6.54 Å². The van der Waals surface area contributed by atoms with E-state index in [0.29, 0.717) is 18.9 Å². The average Bonchev–Trinajstić information content (AvgIpc) is 3.19. The number of aryl methyl sites for hydroxylation is 1. The van der Waals surface area contributed by atoms with Gasteiger partial charge in [-0.25, -0.2) is 0 Å². The summed E-state index contributed by atoms with van der Waals surface area (Å²) in [7, 11) is 0. The van der Waals surface area contributed by atoms with Crippen molar-refractivity contribution in [1.29, 1.82) is 0 Å². The van der Waals surface area contributed by atoms with Crippen LogP contribution >= 0.6 is 24.0 Å². The lowest BCUT2D eigenvalue weighted by Crippen LogP contribution is -2.41. The largest absolute Gasteiger partial charge is 0.352 e. The zero-order chi connectivity index (χ0) is 13.0. The number of hydrogen-bond donors (Lipinski definition) is 2. The van der Waals surface area contributed by atoms with Gasteiger partial charge in [-0.15, -0.1) is 12.4 Å². The smallest absolute Gasteiger partial charge is 0.220 e. The van der Waals surface area contributed by atoms with Crippen molar-refractivity contribution in [3.05, 3.63) is 34.9 Å². The minimum Gasteiger partial charge on any atom is -0.352 e. The molecule has 1 aromatic carbocycles. The summed E-state index contributed by atoms with van der Waals surface area (Å²) in [6, 6.07) is 7.78. The molecule has 19 heavy (non-hydrogen) atoms. The molecule has 1 aliphatic rings. The molecule has 2 rings (SSSR count). The SMILES string of the molecule is Cl.NCC(NC(=O)CCc1ccc(Cl)cc1)C1CC1. The third-order valence-corrected chi connectivity index (χ3v) is 3.60. The second-order valence-corrected chi connectivity index (χ2v) is 5.31. The lowest BCUT2D eigenvalue weighted by molar-refractivity contribution is -0.121. The van der Waals surface area contributed by atoms with Gasteiger partial charge < -0.3 is 11.1 Å². The van der Waals surface area contributed by atoms with E-state index in [1.807, 2.05) is 24.3 Å². The number of halogens is 2. The molecule has 0 heterocycles. The van der Waals surface area contributed by atoms with Gasteiger partial charge in [-0.2, -0.15) is 0 Å². The Morgan fingerprint density at radius 1 is 1.37 bits per heavy atom. The van der Waals surface area contributed by atoms with E-state index in [1.54, 1.807) is 0 Å². The van der Waals surface area contributed by atoms with Crippen LogP contribution in [0, 0.1) is 5.92 Å². The monoisotopic (exact) mass is 302 g/mol. The Morgan fingerprint density at radius 3 is 2.53 bits per heavy atom. The van der Waals surface area contributed by atoms with E-state index in [0.717, 1.165) is 17.0 Å². The molecule has 0 bridgehead atoms. The number of rotatable bonds is 6. The minimum atomic E-state index is 0. The van der Waals surface area contributed by atoms with Crippen molar-refractivity contribution in [2.45, 2.75) is 31.7 Å². The fourth-order valence-corrected chi connectivity index (χ4v) is 2.18. The first-order chi connectivity index (χ1) is 8.69. The Hall–Kier alpha value is -0.770. The van der Waals surface area contributed by atoms with Crippen LogP contribution in [0.15, 0.2) is 24.3 Å². The van der Waals surface area contributed by atoms with Gasteiger partial charge in [0.25, 0.3) is 0 Å². The van der Waals surface area contributed by atoms with E-state index >= 15 is 0 Å². The molecule has 0 saturated heterocycles. The van der Waals surface area contributed by atoms with Crippen LogP contribution in [0.5, 0.6) is 0 Å². The first-order valence-corrected chi connectivity index (χ1v) is 6.80. The third-order valence-electron chi connectivity index (χ3n) is 3.35. The molecule has 1 fully saturated rings. The third kappa shape index (κ3) is 5.39. The molecule has 106 valence electrons. The maximum absolute atomic E-state index is 11.8. The van der Waals surface area contributed by atoms with E-state index in [-0.39, 0.29) is 24.4 Å². The van der Waals surface area contributed by atoms with Gasteiger partial charge in [0.2, 0.25) is 5.91 Å². The number of carbonyl (C=O) groups excluding carboxylic acids is 1. The van der Waals surface area contributed by atoms with Gasteiger partial charge in [0, 0.05) is 24.0 Å². The quantitative estimate of drug-likeness (QED) is 0.848. The molecule has 1 unspecified atom stereocenters. The summed E-state index contributed by atoms with van der Waals surface area (Å²) in [6.07, 6.45) is 3.63. The first kappa shape index (κ1) is 16.3. The molecule has 0 radical (unpaired) electrons. The summed E-state index contributed by atoms with van der Waals surface area (Å²) in [5, 5.41) is 3.74. The van der Waals surface area contributed by atoms with Crippen molar-refractivity contribution in [3.63, 3.8) is 0 Å². The van der Waals surface area contributed by atoms with E-state index in [9.17, 15) is 4.79 Å². The summed E-state index contributed by atoms with van der Waals surface area (Å²) in [5.41, 5.74) is 6.79. The molecule has 1 amide bonds. The highest BCUT2D eigenvalue weighted by atomic mass is 35.5. The van der Waals surface area contributed by atoms with Gasteiger partial charge in [0.15, 0.2) is 0 Å². The van der Waals surface area contributed by atoms with Crippen LogP contribution in [-0.2, 0) is 11.2 Å². The number of benzene rings is 1. The number of nitrogens with one attached hydrogen (secondary N) is 1. The molecule has 1 aromatic rings. The van der Waals surface area contributed by atoms with Crippen LogP contribution in [0.4, 0.5) is 0 Å². The maximum atomic E-state index is 11.8. The standard InChI is InChI=1S/C14H19ClN2O.ClH/c15-12-6-1-10(2-7-12)3-8-14(18)17-13(9-16)11-4-5-11;/h1-2,6-7,11,13H,3-5,8-9,16H2,(H,17,18);1H. The predicted octanol–water partition coefficient (Wildman–Crippen LogP) is 2.55. The van der Waals surface area contributed by atoms with Crippen LogP contribution in [-0.4, -0.2) is 18.5 Å². The minimum absolute atomic E-state index is 0. The maximum Gasteiger partial charge on any atom is 0.220 e. The van der Waals surface area contributed by atoms with Crippen LogP contribution in [0.1, 0.15) is 24.8 Å². The molecule has 1 atom stereocenters. The van der Waals surface area contributed by atoms with Gasteiger partial charge in [-0.3, -0.25) is 4.79 Å². The number of nitrogens with two attached hydrogens (primary N) is 1. The van der Waals surface area contributed by atoms with Gasteiger partial charge in [-0.05, 0) is 42.9 Å². The molecule has 0 aromatic heterocycles. The highest BCUT2D eigenvalue weighted by Gasteiger charge is 2.30. The van der Waals surface area contributed by atoms with Crippen LogP contribution in [0.2, 0.25) is 5.02 Å². The molecule has 3 nitrogen and oxygen atoms in total. The fourth-order valence-electron chi connectivity index (χ4n) is 2.06. The molecule has 3 N–H and O–H groups in total. The molecule has 5 heteroatoms.